The molecule has 1 aliphatic rings. The molecule has 94 valence electrons. The first-order valence-corrected chi connectivity index (χ1v) is 6.85. The van der Waals surface area contributed by atoms with Crippen LogP contribution in [0.1, 0.15) is 53.4 Å². The number of rotatable bonds is 4. The number of likely N-dealkylation sites (N-methyl/N-ethyl adjacent to an activating group) is 1. The fourth-order valence-electron chi connectivity index (χ4n) is 3.02. The molecule has 1 unspecified atom stereocenters. The average Bonchev–Trinajstić information content (AvgIpc) is 2.25. The van der Waals surface area contributed by atoms with Crippen LogP contribution in [0.25, 0.3) is 0 Å². The molecule has 0 aromatic carbocycles. The molecule has 1 heteroatoms. The number of hydrogen-bond donors (Lipinski definition) is 1. The largest absolute Gasteiger partial charge is 0.311 e. The minimum Gasteiger partial charge on any atom is -0.311 e. The van der Waals surface area contributed by atoms with Crippen LogP contribution in [0.5, 0.6) is 0 Å². The molecule has 1 N–H and O–H groups in total. The molecule has 0 aliphatic heterocycles. The van der Waals surface area contributed by atoms with E-state index in [0.717, 1.165) is 18.4 Å². The van der Waals surface area contributed by atoms with Crippen LogP contribution in [0.4, 0.5) is 0 Å². The van der Waals surface area contributed by atoms with Gasteiger partial charge in [-0.2, -0.15) is 0 Å². The smallest absolute Gasteiger partial charge is 0.0275 e. The topological polar surface area (TPSA) is 12.0 Å². The van der Waals surface area contributed by atoms with Crippen molar-refractivity contribution in [1.29, 1.82) is 0 Å². The van der Waals surface area contributed by atoms with Gasteiger partial charge in [0.2, 0.25) is 0 Å². The summed E-state index contributed by atoms with van der Waals surface area (Å²) in [5.41, 5.74) is 0.493. The minimum absolute atomic E-state index is 0.493. The Hall–Kier alpha value is -0.300. The van der Waals surface area contributed by atoms with Gasteiger partial charge in [0.15, 0.2) is 0 Å². The summed E-state index contributed by atoms with van der Waals surface area (Å²) in [6.07, 6.45) is 7.62. The van der Waals surface area contributed by atoms with Gasteiger partial charge >= 0.3 is 0 Å². The van der Waals surface area contributed by atoms with Crippen molar-refractivity contribution >= 4 is 0 Å². The van der Waals surface area contributed by atoms with Gasteiger partial charge in [-0.1, -0.05) is 33.8 Å². The van der Waals surface area contributed by atoms with Crippen molar-refractivity contribution in [3.8, 4) is 0 Å². The predicted molar refractivity (Wildman–Crippen MR) is 72.6 cm³/mol. The maximum Gasteiger partial charge on any atom is 0.0275 e. The molecule has 1 saturated carbocycles. The van der Waals surface area contributed by atoms with Crippen molar-refractivity contribution in [3.63, 3.8) is 0 Å². The summed E-state index contributed by atoms with van der Waals surface area (Å²) in [7, 11) is 0. The zero-order valence-corrected chi connectivity index (χ0v) is 11.6. The third kappa shape index (κ3) is 3.62. The fraction of sp³-hybridized carbons (Fsp3) is 0.867. The van der Waals surface area contributed by atoms with Crippen molar-refractivity contribution < 1.29 is 0 Å². The fourth-order valence-corrected chi connectivity index (χ4v) is 3.02. The van der Waals surface area contributed by atoms with Crippen LogP contribution in [0.15, 0.2) is 12.7 Å². The van der Waals surface area contributed by atoms with Crippen LogP contribution in [-0.2, 0) is 0 Å². The zero-order chi connectivity index (χ0) is 12.2. The molecule has 0 aromatic heterocycles. The molecule has 16 heavy (non-hydrogen) atoms. The second-order valence-corrected chi connectivity index (χ2v) is 6.30. The molecule has 1 nitrogen and oxygen atoms in total. The molecule has 0 aromatic rings. The highest BCUT2D eigenvalue weighted by molar-refractivity contribution is 4.94. The molecule has 0 radical (unpaired) electrons. The molecule has 0 heterocycles. The first kappa shape index (κ1) is 13.8. The van der Waals surface area contributed by atoms with Gasteiger partial charge in [-0.05, 0) is 49.5 Å². The average molecular weight is 223 g/mol. The lowest BCUT2D eigenvalue weighted by molar-refractivity contribution is 0.140. The van der Waals surface area contributed by atoms with Crippen molar-refractivity contribution in [2.75, 3.05) is 6.54 Å². The number of hydrogen-bond acceptors (Lipinski definition) is 1. The van der Waals surface area contributed by atoms with Gasteiger partial charge in [0.1, 0.15) is 0 Å². The van der Waals surface area contributed by atoms with Crippen molar-refractivity contribution in [1.82, 2.24) is 5.32 Å². The summed E-state index contributed by atoms with van der Waals surface area (Å²) in [5.74, 6) is 1.73. The van der Waals surface area contributed by atoms with Crippen LogP contribution in [0.3, 0.4) is 0 Å². The van der Waals surface area contributed by atoms with Crippen LogP contribution < -0.4 is 5.32 Å². The Morgan fingerprint density at radius 2 is 1.81 bits per heavy atom. The monoisotopic (exact) mass is 223 g/mol. The summed E-state index contributed by atoms with van der Waals surface area (Å²) in [6, 6.07) is 0.533. The summed E-state index contributed by atoms with van der Waals surface area (Å²) in [5, 5.41) is 3.54. The highest BCUT2D eigenvalue weighted by Gasteiger charge is 2.31. The lowest BCUT2D eigenvalue weighted by Gasteiger charge is -2.39. The van der Waals surface area contributed by atoms with E-state index in [2.05, 4.69) is 45.7 Å². The quantitative estimate of drug-likeness (QED) is 0.710. The van der Waals surface area contributed by atoms with E-state index in [0.29, 0.717) is 11.5 Å². The molecule has 0 saturated heterocycles. The van der Waals surface area contributed by atoms with Gasteiger partial charge in [0, 0.05) is 6.04 Å². The molecule has 0 amide bonds. The van der Waals surface area contributed by atoms with Crippen molar-refractivity contribution in [3.05, 3.63) is 12.7 Å². The van der Waals surface area contributed by atoms with E-state index in [4.69, 9.17) is 0 Å². The highest BCUT2D eigenvalue weighted by Crippen LogP contribution is 2.40. The Labute approximate surface area is 102 Å². The summed E-state index contributed by atoms with van der Waals surface area (Å²) >= 11 is 0. The number of nitrogens with one attached hydrogen (secondary N) is 1. The maximum absolute atomic E-state index is 3.96. The lowest BCUT2D eigenvalue weighted by Crippen LogP contribution is -2.37. The maximum atomic E-state index is 3.96. The van der Waals surface area contributed by atoms with E-state index in [1.807, 2.05) is 0 Å². The SMILES string of the molecule is C=CC(NCC)C1CCC(C(C)(C)C)CC1. The normalized spacial score (nSPS) is 28.8. The predicted octanol–water partition coefficient (Wildman–Crippen LogP) is 4.00. The van der Waals surface area contributed by atoms with Gasteiger partial charge in [-0.3, -0.25) is 0 Å². The van der Waals surface area contributed by atoms with Crippen molar-refractivity contribution in [2.24, 2.45) is 17.3 Å². The van der Waals surface area contributed by atoms with Gasteiger partial charge in [0.25, 0.3) is 0 Å². The molecule has 1 atom stereocenters. The second-order valence-electron chi connectivity index (χ2n) is 6.30. The molecular weight excluding hydrogens is 194 g/mol. The molecule has 1 rings (SSSR count). The van der Waals surface area contributed by atoms with E-state index in [1.165, 1.54) is 25.7 Å². The Balaban J connectivity index is 2.44. The highest BCUT2D eigenvalue weighted by atomic mass is 14.9. The summed E-state index contributed by atoms with van der Waals surface area (Å²) < 4.78 is 0. The van der Waals surface area contributed by atoms with E-state index < -0.39 is 0 Å². The Kier molecular flexibility index (Phi) is 5.04. The molecule has 1 aliphatic carbocycles. The first-order chi connectivity index (χ1) is 7.49. The van der Waals surface area contributed by atoms with E-state index in [9.17, 15) is 0 Å². The second kappa shape index (κ2) is 5.86. The molecular formula is C15H29N. The Morgan fingerprint density at radius 3 is 2.19 bits per heavy atom. The standard InChI is InChI=1S/C15H29N/c1-6-14(16-7-2)12-8-10-13(11-9-12)15(3,4)5/h6,12-14,16H,1,7-11H2,2-5H3. The lowest BCUT2D eigenvalue weighted by atomic mass is 9.68. The van der Waals surface area contributed by atoms with E-state index >= 15 is 0 Å². The molecule has 1 fully saturated rings. The summed E-state index contributed by atoms with van der Waals surface area (Å²) in [4.78, 5) is 0. The zero-order valence-electron chi connectivity index (χ0n) is 11.6. The molecule has 0 bridgehead atoms. The Morgan fingerprint density at radius 1 is 1.25 bits per heavy atom. The van der Waals surface area contributed by atoms with Crippen LogP contribution in [0, 0.1) is 17.3 Å². The van der Waals surface area contributed by atoms with Crippen molar-refractivity contribution in [2.45, 2.75) is 59.4 Å². The third-order valence-electron chi connectivity index (χ3n) is 4.20. The van der Waals surface area contributed by atoms with E-state index in [-0.39, 0.29) is 0 Å². The Bertz CT molecular complexity index is 206. The first-order valence-electron chi connectivity index (χ1n) is 6.85. The molecule has 0 spiro atoms. The van der Waals surface area contributed by atoms with Gasteiger partial charge < -0.3 is 5.32 Å². The minimum atomic E-state index is 0.493. The van der Waals surface area contributed by atoms with E-state index in [1.54, 1.807) is 0 Å². The third-order valence-corrected chi connectivity index (χ3v) is 4.20. The van der Waals surface area contributed by atoms with Gasteiger partial charge in [-0.15, -0.1) is 6.58 Å². The van der Waals surface area contributed by atoms with Gasteiger partial charge in [0.05, 0.1) is 0 Å². The van der Waals surface area contributed by atoms with Crippen LogP contribution >= 0.6 is 0 Å². The van der Waals surface area contributed by atoms with Crippen LogP contribution in [-0.4, -0.2) is 12.6 Å². The van der Waals surface area contributed by atoms with Gasteiger partial charge in [-0.25, -0.2) is 0 Å². The van der Waals surface area contributed by atoms with Crippen LogP contribution in [0.2, 0.25) is 0 Å². The summed E-state index contributed by atoms with van der Waals surface area (Å²) in [6.45, 7) is 14.3.